The summed E-state index contributed by atoms with van der Waals surface area (Å²) in [6, 6.07) is 0. The Hall–Kier alpha value is -0.570. The minimum absolute atomic E-state index is 0.222. The Morgan fingerprint density at radius 1 is 1.45 bits per heavy atom. The quantitative estimate of drug-likeness (QED) is 0.661. The summed E-state index contributed by atoms with van der Waals surface area (Å²) in [5.74, 6) is -0.255. The van der Waals surface area contributed by atoms with Crippen LogP contribution in [0.2, 0.25) is 0 Å². The van der Waals surface area contributed by atoms with E-state index in [2.05, 4.69) is 6.92 Å². The van der Waals surface area contributed by atoms with Crippen LogP contribution in [-0.4, -0.2) is 22.8 Å². The van der Waals surface area contributed by atoms with Gasteiger partial charge < -0.3 is 10.2 Å². The predicted octanol–water partition coefficient (Wildman–Crippen LogP) is 1.51. The third-order valence-electron chi connectivity index (χ3n) is 1.31. The number of rotatable bonds is 3. The van der Waals surface area contributed by atoms with Crippen molar-refractivity contribution in [2.24, 2.45) is 5.92 Å². The van der Waals surface area contributed by atoms with Gasteiger partial charge in [0, 0.05) is 13.0 Å². The van der Waals surface area contributed by atoms with Gasteiger partial charge >= 0.3 is 5.97 Å². The van der Waals surface area contributed by atoms with E-state index in [0.717, 1.165) is 6.42 Å². The van der Waals surface area contributed by atoms with Crippen LogP contribution in [0.4, 0.5) is 0 Å². The summed E-state index contributed by atoms with van der Waals surface area (Å²) in [6.07, 6.45) is 1.30. The second-order valence-corrected chi connectivity index (χ2v) is 2.44. The van der Waals surface area contributed by atoms with Crippen LogP contribution >= 0.6 is 0 Å². The number of aliphatic hydroxyl groups is 1. The van der Waals surface area contributed by atoms with E-state index in [9.17, 15) is 4.79 Å². The molecule has 1 atom stereocenters. The third-order valence-corrected chi connectivity index (χ3v) is 1.31. The van der Waals surface area contributed by atoms with Gasteiger partial charge in [0.1, 0.15) is 0 Å². The number of aliphatic hydroxyl groups excluding tert-OH is 1. The molecule has 0 saturated carbocycles. The van der Waals surface area contributed by atoms with Crippen LogP contribution in [0, 0.1) is 5.92 Å². The van der Waals surface area contributed by atoms with Gasteiger partial charge in [-0.3, -0.25) is 4.79 Å². The molecule has 0 aliphatic heterocycles. The van der Waals surface area contributed by atoms with Crippen molar-refractivity contribution in [3.63, 3.8) is 0 Å². The molecule has 0 spiro atoms. The summed E-state index contributed by atoms with van der Waals surface area (Å²) >= 11 is 0. The molecule has 0 rings (SSSR count). The zero-order valence-corrected chi connectivity index (χ0v) is 7.50. The Kier molecular flexibility index (Phi) is 11.2. The van der Waals surface area contributed by atoms with E-state index in [1.165, 1.54) is 0 Å². The van der Waals surface area contributed by atoms with E-state index in [-0.39, 0.29) is 6.42 Å². The third kappa shape index (κ3) is 17.7. The first-order valence-electron chi connectivity index (χ1n) is 3.91. The zero-order valence-electron chi connectivity index (χ0n) is 7.50. The van der Waals surface area contributed by atoms with Gasteiger partial charge in [0.15, 0.2) is 0 Å². The highest BCUT2D eigenvalue weighted by atomic mass is 16.4. The van der Waals surface area contributed by atoms with Gasteiger partial charge in [0.05, 0.1) is 0 Å². The van der Waals surface area contributed by atoms with Crippen LogP contribution in [0.15, 0.2) is 0 Å². The Balaban J connectivity index is 0. The smallest absolute Gasteiger partial charge is 0.303 e. The van der Waals surface area contributed by atoms with Crippen LogP contribution in [0.3, 0.4) is 0 Å². The van der Waals surface area contributed by atoms with Gasteiger partial charge in [0.2, 0.25) is 0 Å². The summed E-state index contributed by atoms with van der Waals surface area (Å²) in [5, 5.41) is 16.1. The lowest BCUT2D eigenvalue weighted by Crippen LogP contribution is -1.96. The zero-order chi connectivity index (χ0) is 9.28. The van der Waals surface area contributed by atoms with Gasteiger partial charge in [-0.15, -0.1) is 0 Å². The highest BCUT2D eigenvalue weighted by Gasteiger charge is 1.90. The molecule has 2 N–H and O–H groups in total. The SMILES string of the molecule is CCC(=O)O.CCC(C)CO. The summed E-state index contributed by atoms with van der Waals surface area (Å²) < 4.78 is 0. The first-order chi connectivity index (χ1) is 5.08. The molecule has 3 nitrogen and oxygen atoms in total. The van der Waals surface area contributed by atoms with Crippen LogP contribution < -0.4 is 0 Å². The topological polar surface area (TPSA) is 57.5 Å². The highest BCUT2D eigenvalue weighted by molar-refractivity contribution is 5.66. The monoisotopic (exact) mass is 162 g/mol. The van der Waals surface area contributed by atoms with Crippen molar-refractivity contribution in [2.75, 3.05) is 6.61 Å². The van der Waals surface area contributed by atoms with E-state index in [0.29, 0.717) is 12.5 Å². The Morgan fingerprint density at radius 2 is 1.82 bits per heavy atom. The van der Waals surface area contributed by atoms with Crippen LogP contribution in [0.1, 0.15) is 33.6 Å². The fraction of sp³-hybridized carbons (Fsp3) is 0.875. The minimum atomic E-state index is -0.745. The molecule has 0 heterocycles. The summed E-state index contributed by atoms with van der Waals surface area (Å²) in [4.78, 5) is 9.37. The van der Waals surface area contributed by atoms with Crippen LogP contribution in [0.25, 0.3) is 0 Å². The largest absolute Gasteiger partial charge is 0.481 e. The Morgan fingerprint density at radius 3 is 1.82 bits per heavy atom. The molecule has 1 unspecified atom stereocenters. The molecule has 0 aromatic heterocycles. The fourth-order valence-electron chi connectivity index (χ4n) is 0.129. The Bertz CT molecular complexity index is 87.3. The van der Waals surface area contributed by atoms with Crippen molar-refractivity contribution in [2.45, 2.75) is 33.6 Å². The highest BCUT2D eigenvalue weighted by Crippen LogP contribution is 1.95. The van der Waals surface area contributed by atoms with E-state index in [1.807, 2.05) is 6.92 Å². The first-order valence-corrected chi connectivity index (χ1v) is 3.91. The lowest BCUT2D eigenvalue weighted by Gasteiger charge is -1.98. The summed E-state index contributed by atoms with van der Waals surface area (Å²) in [5.41, 5.74) is 0. The molecule has 68 valence electrons. The molecule has 0 aromatic carbocycles. The van der Waals surface area contributed by atoms with Gasteiger partial charge in [0.25, 0.3) is 0 Å². The molecule has 0 saturated heterocycles. The summed E-state index contributed by atoms with van der Waals surface area (Å²) in [7, 11) is 0. The average Bonchev–Trinajstić information content (AvgIpc) is 2.04. The van der Waals surface area contributed by atoms with Crippen molar-refractivity contribution < 1.29 is 15.0 Å². The standard InChI is InChI=1S/C5H12O.C3H6O2/c1-3-5(2)4-6;1-2-3(4)5/h5-6H,3-4H2,1-2H3;2H2,1H3,(H,4,5). The molecular weight excluding hydrogens is 144 g/mol. The number of aliphatic carboxylic acids is 1. The molecule has 3 heteroatoms. The molecule has 0 radical (unpaired) electrons. The van der Waals surface area contributed by atoms with Gasteiger partial charge in [-0.25, -0.2) is 0 Å². The van der Waals surface area contributed by atoms with Crippen LogP contribution in [-0.2, 0) is 4.79 Å². The second-order valence-electron chi connectivity index (χ2n) is 2.44. The number of carbonyl (C=O) groups is 1. The van der Waals surface area contributed by atoms with Crippen molar-refractivity contribution in [1.29, 1.82) is 0 Å². The van der Waals surface area contributed by atoms with E-state index < -0.39 is 5.97 Å². The van der Waals surface area contributed by atoms with Crippen LogP contribution in [0.5, 0.6) is 0 Å². The average molecular weight is 162 g/mol. The number of hydrogen-bond acceptors (Lipinski definition) is 2. The fourth-order valence-corrected chi connectivity index (χ4v) is 0.129. The van der Waals surface area contributed by atoms with Crippen molar-refractivity contribution in [1.82, 2.24) is 0 Å². The van der Waals surface area contributed by atoms with Gasteiger partial charge in [-0.05, 0) is 5.92 Å². The number of hydrogen-bond donors (Lipinski definition) is 2. The maximum atomic E-state index is 9.37. The number of carboxylic acid groups (broad SMARTS) is 1. The molecule has 0 aliphatic carbocycles. The minimum Gasteiger partial charge on any atom is -0.481 e. The van der Waals surface area contributed by atoms with Crippen molar-refractivity contribution >= 4 is 5.97 Å². The lowest BCUT2D eigenvalue weighted by molar-refractivity contribution is -0.136. The predicted molar refractivity (Wildman–Crippen MR) is 44.5 cm³/mol. The molecule has 0 amide bonds. The van der Waals surface area contributed by atoms with Gasteiger partial charge in [-0.1, -0.05) is 27.2 Å². The molecule has 0 bridgehead atoms. The normalized spacial score (nSPS) is 11.3. The molecule has 0 aromatic rings. The number of carboxylic acids is 1. The van der Waals surface area contributed by atoms with E-state index >= 15 is 0 Å². The van der Waals surface area contributed by atoms with E-state index in [1.54, 1.807) is 6.92 Å². The molecule has 0 aliphatic rings. The maximum absolute atomic E-state index is 9.37. The first kappa shape index (κ1) is 13.1. The van der Waals surface area contributed by atoms with Crippen molar-refractivity contribution in [3.05, 3.63) is 0 Å². The maximum Gasteiger partial charge on any atom is 0.303 e. The molecule has 11 heavy (non-hydrogen) atoms. The van der Waals surface area contributed by atoms with E-state index in [4.69, 9.17) is 10.2 Å². The summed E-state index contributed by atoms with van der Waals surface area (Å²) in [6.45, 7) is 6.03. The molecule has 0 fully saturated rings. The van der Waals surface area contributed by atoms with Gasteiger partial charge in [-0.2, -0.15) is 0 Å². The molecular formula is C8H18O3. The lowest BCUT2D eigenvalue weighted by atomic mass is 10.1. The second kappa shape index (κ2) is 9.43. The Labute approximate surface area is 68.0 Å². The van der Waals surface area contributed by atoms with Crippen molar-refractivity contribution in [3.8, 4) is 0 Å².